The van der Waals surface area contributed by atoms with Crippen molar-refractivity contribution in [3.63, 3.8) is 0 Å². The first-order valence-corrected chi connectivity index (χ1v) is 6.15. The lowest BCUT2D eigenvalue weighted by atomic mass is 9.91. The van der Waals surface area contributed by atoms with E-state index in [0.717, 1.165) is 32.3 Å². The van der Waals surface area contributed by atoms with E-state index in [4.69, 9.17) is 14.2 Å². The van der Waals surface area contributed by atoms with Crippen LogP contribution in [0.2, 0.25) is 0 Å². The second-order valence-corrected chi connectivity index (χ2v) is 3.95. The van der Waals surface area contributed by atoms with Crippen molar-refractivity contribution in [1.82, 2.24) is 0 Å². The Morgan fingerprint density at radius 2 is 1.73 bits per heavy atom. The SMILES string of the molecule is CCOC1CCCC(OCC)(OCC)C1. The largest absolute Gasteiger partial charge is 0.378 e. The van der Waals surface area contributed by atoms with E-state index < -0.39 is 0 Å². The molecule has 0 heterocycles. The van der Waals surface area contributed by atoms with Crippen molar-refractivity contribution in [1.29, 1.82) is 0 Å². The van der Waals surface area contributed by atoms with Gasteiger partial charge >= 0.3 is 0 Å². The smallest absolute Gasteiger partial charge is 0.170 e. The molecule has 1 fully saturated rings. The fourth-order valence-corrected chi connectivity index (χ4v) is 2.36. The van der Waals surface area contributed by atoms with Gasteiger partial charge in [-0.05, 0) is 33.6 Å². The van der Waals surface area contributed by atoms with E-state index in [1.807, 2.05) is 20.8 Å². The third-order valence-corrected chi connectivity index (χ3v) is 2.84. The molecule has 1 saturated carbocycles. The average Bonchev–Trinajstić information content (AvgIpc) is 2.19. The van der Waals surface area contributed by atoms with Gasteiger partial charge in [-0.3, -0.25) is 0 Å². The van der Waals surface area contributed by atoms with Crippen molar-refractivity contribution in [3.8, 4) is 0 Å². The van der Waals surface area contributed by atoms with E-state index in [1.54, 1.807) is 0 Å². The lowest BCUT2D eigenvalue weighted by Crippen LogP contribution is -2.43. The molecule has 0 radical (unpaired) electrons. The van der Waals surface area contributed by atoms with Crippen LogP contribution in [0.3, 0.4) is 0 Å². The zero-order valence-electron chi connectivity index (χ0n) is 10.3. The molecule has 0 amide bonds. The van der Waals surface area contributed by atoms with Crippen LogP contribution in [0.4, 0.5) is 0 Å². The topological polar surface area (TPSA) is 27.7 Å². The summed E-state index contributed by atoms with van der Waals surface area (Å²) in [4.78, 5) is 0. The van der Waals surface area contributed by atoms with Crippen LogP contribution in [-0.4, -0.2) is 31.7 Å². The highest BCUT2D eigenvalue weighted by molar-refractivity contribution is 4.81. The summed E-state index contributed by atoms with van der Waals surface area (Å²) in [5.74, 6) is -0.373. The molecule has 1 atom stereocenters. The van der Waals surface area contributed by atoms with E-state index >= 15 is 0 Å². The third-order valence-electron chi connectivity index (χ3n) is 2.84. The Bertz CT molecular complexity index is 157. The summed E-state index contributed by atoms with van der Waals surface area (Å²) < 4.78 is 17.2. The highest BCUT2D eigenvalue weighted by Crippen LogP contribution is 2.34. The molecular weight excluding hydrogens is 192 g/mol. The molecule has 1 rings (SSSR count). The molecule has 0 aromatic carbocycles. The van der Waals surface area contributed by atoms with Crippen molar-refractivity contribution in [2.75, 3.05) is 19.8 Å². The number of hydrogen-bond acceptors (Lipinski definition) is 3. The first-order chi connectivity index (χ1) is 7.26. The lowest BCUT2D eigenvalue weighted by molar-refractivity contribution is -0.263. The molecule has 1 aliphatic rings. The Morgan fingerprint density at radius 3 is 2.27 bits per heavy atom. The summed E-state index contributed by atoms with van der Waals surface area (Å²) in [6.45, 7) is 8.27. The fraction of sp³-hybridized carbons (Fsp3) is 1.00. The molecule has 0 aliphatic heterocycles. The summed E-state index contributed by atoms with van der Waals surface area (Å²) >= 11 is 0. The van der Waals surface area contributed by atoms with E-state index in [-0.39, 0.29) is 5.79 Å². The molecule has 15 heavy (non-hydrogen) atoms. The van der Waals surface area contributed by atoms with Crippen LogP contribution < -0.4 is 0 Å². The quantitative estimate of drug-likeness (QED) is 0.639. The minimum absolute atomic E-state index is 0.307. The Balaban J connectivity index is 2.53. The summed E-state index contributed by atoms with van der Waals surface area (Å²) in [5, 5.41) is 0. The number of ether oxygens (including phenoxy) is 3. The van der Waals surface area contributed by atoms with Gasteiger partial charge in [-0.2, -0.15) is 0 Å². The van der Waals surface area contributed by atoms with E-state index in [0.29, 0.717) is 19.3 Å². The molecule has 0 spiro atoms. The van der Waals surface area contributed by atoms with Crippen LogP contribution in [-0.2, 0) is 14.2 Å². The molecule has 1 aliphatic carbocycles. The van der Waals surface area contributed by atoms with Gasteiger partial charge in [0.05, 0.1) is 6.10 Å². The molecule has 1 unspecified atom stereocenters. The maximum absolute atomic E-state index is 5.79. The predicted molar refractivity (Wildman–Crippen MR) is 59.9 cm³/mol. The Labute approximate surface area is 93.1 Å². The maximum atomic E-state index is 5.79. The number of hydrogen-bond donors (Lipinski definition) is 0. The average molecular weight is 216 g/mol. The van der Waals surface area contributed by atoms with Crippen molar-refractivity contribution >= 4 is 0 Å². The summed E-state index contributed by atoms with van der Waals surface area (Å²) in [6, 6.07) is 0. The molecule has 0 N–H and O–H groups in total. The van der Waals surface area contributed by atoms with Gasteiger partial charge in [0.15, 0.2) is 5.79 Å². The second kappa shape index (κ2) is 6.46. The van der Waals surface area contributed by atoms with Crippen LogP contribution in [0.25, 0.3) is 0 Å². The van der Waals surface area contributed by atoms with Crippen LogP contribution in [0, 0.1) is 0 Å². The highest BCUT2D eigenvalue weighted by atomic mass is 16.7. The first-order valence-electron chi connectivity index (χ1n) is 6.15. The van der Waals surface area contributed by atoms with Gasteiger partial charge in [-0.25, -0.2) is 0 Å². The lowest BCUT2D eigenvalue weighted by Gasteiger charge is -2.39. The molecule has 0 saturated heterocycles. The van der Waals surface area contributed by atoms with Gasteiger partial charge in [0, 0.05) is 32.7 Å². The Hall–Kier alpha value is -0.120. The minimum Gasteiger partial charge on any atom is -0.378 e. The van der Waals surface area contributed by atoms with Crippen molar-refractivity contribution in [2.24, 2.45) is 0 Å². The normalized spacial score (nSPS) is 25.4. The Morgan fingerprint density at radius 1 is 1.07 bits per heavy atom. The molecule has 3 heteroatoms. The van der Waals surface area contributed by atoms with Crippen LogP contribution in [0.15, 0.2) is 0 Å². The monoisotopic (exact) mass is 216 g/mol. The number of rotatable bonds is 6. The fourth-order valence-electron chi connectivity index (χ4n) is 2.36. The van der Waals surface area contributed by atoms with Crippen molar-refractivity contribution < 1.29 is 14.2 Å². The Kier molecular flexibility index (Phi) is 5.58. The maximum Gasteiger partial charge on any atom is 0.170 e. The van der Waals surface area contributed by atoms with Crippen LogP contribution >= 0.6 is 0 Å². The van der Waals surface area contributed by atoms with E-state index in [1.165, 1.54) is 0 Å². The van der Waals surface area contributed by atoms with E-state index in [9.17, 15) is 0 Å². The summed E-state index contributed by atoms with van der Waals surface area (Å²) in [7, 11) is 0. The first kappa shape index (κ1) is 12.9. The molecule has 0 bridgehead atoms. The van der Waals surface area contributed by atoms with E-state index in [2.05, 4.69) is 0 Å². The van der Waals surface area contributed by atoms with Gasteiger partial charge in [0.2, 0.25) is 0 Å². The third kappa shape index (κ3) is 3.74. The van der Waals surface area contributed by atoms with Crippen LogP contribution in [0.5, 0.6) is 0 Å². The zero-order chi connectivity index (χ0) is 11.1. The van der Waals surface area contributed by atoms with Gasteiger partial charge in [-0.1, -0.05) is 0 Å². The minimum atomic E-state index is -0.373. The molecule has 3 nitrogen and oxygen atoms in total. The van der Waals surface area contributed by atoms with Gasteiger partial charge in [-0.15, -0.1) is 0 Å². The van der Waals surface area contributed by atoms with Gasteiger partial charge in [0.25, 0.3) is 0 Å². The van der Waals surface area contributed by atoms with Crippen molar-refractivity contribution in [3.05, 3.63) is 0 Å². The summed E-state index contributed by atoms with van der Waals surface area (Å²) in [5.41, 5.74) is 0. The second-order valence-electron chi connectivity index (χ2n) is 3.95. The molecular formula is C12H24O3. The highest BCUT2D eigenvalue weighted by Gasteiger charge is 2.38. The van der Waals surface area contributed by atoms with Gasteiger partial charge in [0.1, 0.15) is 0 Å². The predicted octanol–water partition coefficient (Wildman–Crippen LogP) is 2.73. The molecule has 0 aromatic heterocycles. The van der Waals surface area contributed by atoms with Gasteiger partial charge < -0.3 is 14.2 Å². The zero-order valence-corrected chi connectivity index (χ0v) is 10.3. The summed E-state index contributed by atoms with van der Waals surface area (Å²) in [6.07, 6.45) is 4.45. The van der Waals surface area contributed by atoms with Crippen LogP contribution in [0.1, 0.15) is 46.5 Å². The van der Waals surface area contributed by atoms with Crippen molar-refractivity contribution in [2.45, 2.75) is 58.3 Å². The standard InChI is InChI=1S/C12H24O3/c1-4-13-11-8-7-9-12(10-11,14-5-2)15-6-3/h11H,4-10H2,1-3H3. The molecule has 0 aromatic rings. The molecule has 90 valence electrons.